The Morgan fingerprint density at radius 2 is 1.86 bits per heavy atom. The third-order valence-corrected chi connectivity index (χ3v) is 5.92. The van der Waals surface area contributed by atoms with E-state index >= 15 is 0 Å². The molecule has 0 spiro atoms. The maximum atomic E-state index is 12.9. The van der Waals surface area contributed by atoms with E-state index in [1.807, 2.05) is 18.2 Å². The molecule has 0 radical (unpaired) electrons. The second-order valence-corrected chi connectivity index (χ2v) is 7.77. The number of fused-ring (bicyclic) bond motifs is 1. The average Bonchev–Trinajstić information content (AvgIpc) is 2.71. The highest BCUT2D eigenvalue weighted by molar-refractivity contribution is 6.12. The quantitative estimate of drug-likeness (QED) is 0.758. The van der Waals surface area contributed by atoms with Crippen LogP contribution in [0.4, 0.5) is 0 Å². The van der Waals surface area contributed by atoms with Crippen LogP contribution in [0.5, 0.6) is 11.5 Å². The number of hydrogen-bond acceptors (Lipinski definition) is 5. The SMILES string of the molecule is CCCOc1ccc([C@H]2C3=C(CCCC3=O)N=C3CCCC(=O)C32)cc1OC. The number of ketones is 2. The van der Waals surface area contributed by atoms with E-state index in [0.717, 1.165) is 54.6 Å². The van der Waals surface area contributed by atoms with Crippen LogP contribution in [0.1, 0.15) is 63.4 Å². The molecule has 148 valence electrons. The maximum absolute atomic E-state index is 12.9. The Hall–Kier alpha value is -2.43. The smallest absolute Gasteiger partial charge is 0.161 e. The van der Waals surface area contributed by atoms with Crippen LogP contribution >= 0.6 is 0 Å². The molecule has 3 aliphatic rings. The maximum Gasteiger partial charge on any atom is 0.161 e. The summed E-state index contributed by atoms with van der Waals surface area (Å²) in [6.07, 6.45) is 5.36. The Morgan fingerprint density at radius 1 is 1.04 bits per heavy atom. The van der Waals surface area contributed by atoms with Crippen LogP contribution < -0.4 is 9.47 Å². The molecule has 2 aliphatic carbocycles. The number of ether oxygens (including phenoxy) is 2. The molecule has 1 aromatic carbocycles. The molecule has 5 nitrogen and oxygen atoms in total. The normalized spacial score (nSPS) is 24.4. The number of hydrogen-bond donors (Lipinski definition) is 0. The molecule has 28 heavy (non-hydrogen) atoms. The van der Waals surface area contributed by atoms with Crippen molar-refractivity contribution < 1.29 is 19.1 Å². The highest BCUT2D eigenvalue weighted by Gasteiger charge is 2.44. The lowest BCUT2D eigenvalue weighted by atomic mass is 9.67. The second-order valence-electron chi connectivity index (χ2n) is 7.77. The minimum Gasteiger partial charge on any atom is -0.493 e. The van der Waals surface area contributed by atoms with Crippen molar-refractivity contribution in [2.75, 3.05) is 13.7 Å². The minimum atomic E-state index is -0.318. The Labute approximate surface area is 165 Å². The molecule has 5 heteroatoms. The first-order chi connectivity index (χ1) is 13.6. The van der Waals surface area contributed by atoms with E-state index in [2.05, 4.69) is 6.92 Å². The van der Waals surface area contributed by atoms with Crippen molar-refractivity contribution in [3.8, 4) is 11.5 Å². The van der Waals surface area contributed by atoms with Gasteiger partial charge in [-0.05, 0) is 49.8 Å². The zero-order valence-corrected chi connectivity index (χ0v) is 16.6. The van der Waals surface area contributed by atoms with E-state index in [4.69, 9.17) is 14.5 Å². The summed E-state index contributed by atoms with van der Waals surface area (Å²) >= 11 is 0. The number of methoxy groups -OCH3 is 1. The third-order valence-electron chi connectivity index (χ3n) is 5.92. The van der Waals surface area contributed by atoms with Crippen molar-refractivity contribution in [2.45, 2.75) is 57.8 Å². The highest BCUT2D eigenvalue weighted by atomic mass is 16.5. The Balaban J connectivity index is 1.81. The van der Waals surface area contributed by atoms with E-state index in [0.29, 0.717) is 30.9 Å². The molecule has 1 heterocycles. The molecule has 0 saturated heterocycles. The van der Waals surface area contributed by atoms with E-state index < -0.39 is 0 Å². The molecule has 0 amide bonds. The van der Waals surface area contributed by atoms with Crippen LogP contribution in [-0.4, -0.2) is 31.0 Å². The predicted molar refractivity (Wildman–Crippen MR) is 107 cm³/mol. The van der Waals surface area contributed by atoms with Crippen LogP contribution in [0, 0.1) is 5.92 Å². The summed E-state index contributed by atoms with van der Waals surface area (Å²) in [7, 11) is 1.62. The van der Waals surface area contributed by atoms with Gasteiger partial charge in [-0.25, -0.2) is 0 Å². The Kier molecular flexibility index (Phi) is 5.33. The zero-order chi connectivity index (χ0) is 19.7. The fourth-order valence-corrected chi connectivity index (χ4v) is 4.67. The van der Waals surface area contributed by atoms with Gasteiger partial charge < -0.3 is 9.47 Å². The van der Waals surface area contributed by atoms with E-state index in [1.54, 1.807) is 7.11 Å². The van der Waals surface area contributed by atoms with E-state index in [9.17, 15) is 9.59 Å². The van der Waals surface area contributed by atoms with Gasteiger partial charge in [-0.2, -0.15) is 0 Å². The molecule has 4 rings (SSSR count). The molecule has 1 unspecified atom stereocenters. The van der Waals surface area contributed by atoms with E-state index in [1.165, 1.54) is 0 Å². The van der Waals surface area contributed by atoms with Gasteiger partial charge in [0.15, 0.2) is 17.3 Å². The molecular formula is C23H27NO4. The minimum absolute atomic E-state index is 0.137. The van der Waals surface area contributed by atoms with Gasteiger partial charge in [-0.15, -0.1) is 0 Å². The molecule has 1 aliphatic heterocycles. The monoisotopic (exact) mass is 381 g/mol. The summed E-state index contributed by atoms with van der Waals surface area (Å²) in [5.74, 6) is 1.10. The van der Waals surface area contributed by atoms with Gasteiger partial charge in [-0.3, -0.25) is 14.6 Å². The molecule has 0 bridgehead atoms. The van der Waals surface area contributed by atoms with Crippen LogP contribution in [0.3, 0.4) is 0 Å². The number of benzene rings is 1. The Morgan fingerprint density at radius 3 is 2.64 bits per heavy atom. The summed E-state index contributed by atoms with van der Waals surface area (Å²) in [4.78, 5) is 30.5. The second kappa shape index (κ2) is 7.90. The molecule has 1 fully saturated rings. The summed E-state index contributed by atoms with van der Waals surface area (Å²) in [5, 5.41) is 0. The van der Waals surface area contributed by atoms with Gasteiger partial charge in [-0.1, -0.05) is 13.0 Å². The molecular weight excluding hydrogens is 354 g/mol. The first-order valence-electron chi connectivity index (χ1n) is 10.3. The van der Waals surface area contributed by atoms with Crippen molar-refractivity contribution in [3.63, 3.8) is 0 Å². The number of aliphatic imine (C=N–C) groups is 1. The van der Waals surface area contributed by atoms with Gasteiger partial charge in [0.1, 0.15) is 5.78 Å². The lowest BCUT2D eigenvalue weighted by Gasteiger charge is -2.38. The highest BCUT2D eigenvalue weighted by Crippen LogP contribution is 2.47. The summed E-state index contributed by atoms with van der Waals surface area (Å²) in [6.45, 7) is 2.67. The molecule has 0 aromatic heterocycles. The number of carbonyl (C=O) groups is 2. The largest absolute Gasteiger partial charge is 0.493 e. The van der Waals surface area contributed by atoms with Gasteiger partial charge in [0, 0.05) is 35.7 Å². The van der Waals surface area contributed by atoms with Crippen LogP contribution in [0.15, 0.2) is 34.5 Å². The van der Waals surface area contributed by atoms with Gasteiger partial charge in [0.25, 0.3) is 0 Å². The van der Waals surface area contributed by atoms with Crippen LogP contribution in [0.25, 0.3) is 0 Å². The van der Waals surface area contributed by atoms with Crippen molar-refractivity contribution in [2.24, 2.45) is 10.9 Å². The van der Waals surface area contributed by atoms with E-state index in [-0.39, 0.29) is 23.4 Å². The fourth-order valence-electron chi connectivity index (χ4n) is 4.67. The van der Waals surface area contributed by atoms with Crippen molar-refractivity contribution in [1.82, 2.24) is 0 Å². The van der Waals surface area contributed by atoms with Crippen molar-refractivity contribution in [1.29, 1.82) is 0 Å². The third kappa shape index (κ3) is 3.27. The molecule has 0 N–H and O–H groups in total. The number of nitrogens with zero attached hydrogens (tertiary/aromatic N) is 1. The van der Waals surface area contributed by atoms with Crippen molar-refractivity contribution >= 4 is 17.3 Å². The fraction of sp³-hybridized carbons (Fsp3) is 0.522. The van der Waals surface area contributed by atoms with Crippen molar-refractivity contribution in [3.05, 3.63) is 35.0 Å². The number of Topliss-reactive ketones (excluding diaryl/α,β-unsaturated/α-hetero) is 2. The standard InChI is InChI=1S/C23H27NO4/c1-3-12-28-19-11-10-14(13-20(19)27-2)21-22-15(6-4-8-17(22)25)24-16-7-5-9-18(26)23(16)21/h10-11,13,21-22H,3-9,12H2,1-2H3/t21-,22?/m1/s1. The summed E-state index contributed by atoms with van der Waals surface area (Å²) < 4.78 is 11.3. The number of allylic oxidation sites excluding steroid dienone is 2. The molecule has 1 aromatic rings. The number of carbonyl (C=O) groups excluding carboxylic acids is 2. The number of rotatable bonds is 5. The topological polar surface area (TPSA) is 65.0 Å². The van der Waals surface area contributed by atoms with Crippen LogP contribution in [-0.2, 0) is 9.59 Å². The van der Waals surface area contributed by atoms with Gasteiger partial charge in [0.2, 0.25) is 0 Å². The van der Waals surface area contributed by atoms with Gasteiger partial charge in [0.05, 0.1) is 19.6 Å². The van der Waals surface area contributed by atoms with Gasteiger partial charge >= 0.3 is 0 Å². The molecule has 2 atom stereocenters. The first-order valence-corrected chi connectivity index (χ1v) is 10.3. The lowest BCUT2D eigenvalue weighted by molar-refractivity contribution is -0.122. The Bertz CT molecular complexity index is 867. The molecule has 1 saturated carbocycles. The summed E-state index contributed by atoms with van der Waals surface area (Å²) in [5.41, 5.74) is 3.54. The zero-order valence-electron chi connectivity index (χ0n) is 16.6. The summed E-state index contributed by atoms with van der Waals surface area (Å²) in [6, 6.07) is 5.82. The van der Waals surface area contributed by atoms with Crippen LogP contribution in [0.2, 0.25) is 0 Å². The predicted octanol–water partition coefficient (Wildman–Crippen LogP) is 4.40. The first kappa shape index (κ1) is 18.9. The average molecular weight is 381 g/mol. The lowest BCUT2D eigenvalue weighted by Crippen LogP contribution is -2.39.